The summed E-state index contributed by atoms with van der Waals surface area (Å²) < 4.78 is 1.55. The van der Waals surface area contributed by atoms with E-state index in [4.69, 9.17) is 0 Å². The molecule has 2 N–H and O–H groups in total. The number of carbonyl (C=O) groups is 1. The van der Waals surface area contributed by atoms with Gasteiger partial charge in [-0.2, -0.15) is 0 Å². The first kappa shape index (κ1) is 17.1. The molecule has 0 aliphatic carbocycles. The maximum absolute atomic E-state index is 12.4. The molecule has 1 saturated heterocycles. The van der Waals surface area contributed by atoms with Crippen LogP contribution in [0, 0.1) is 15.5 Å². The van der Waals surface area contributed by atoms with Crippen molar-refractivity contribution >= 4 is 11.6 Å². The van der Waals surface area contributed by atoms with E-state index in [1.54, 1.807) is 29.1 Å². The molecule has 2 heterocycles. The van der Waals surface area contributed by atoms with Gasteiger partial charge in [-0.05, 0) is 43.5 Å². The van der Waals surface area contributed by atoms with Crippen LogP contribution in [0.1, 0.15) is 30.1 Å². The number of nitro benzene ring substituents is 1. The van der Waals surface area contributed by atoms with Crippen LogP contribution >= 0.6 is 0 Å². The fourth-order valence-corrected chi connectivity index (χ4v) is 3.03. The summed E-state index contributed by atoms with van der Waals surface area (Å²) in [4.78, 5) is 27.2. The molecular weight excluding hydrogens is 322 g/mol. The van der Waals surface area contributed by atoms with Gasteiger partial charge in [0.25, 0.3) is 11.6 Å². The van der Waals surface area contributed by atoms with E-state index in [0.29, 0.717) is 12.2 Å². The lowest BCUT2D eigenvalue weighted by atomic mass is 9.81. The zero-order valence-electron chi connectivity index (χ0n) is 14.1. The van der Waals surface area contributed by atoms with Crippen LogP contribution in [0.2, 0.25) is 0 Å². The number of hydrogen-bond acceptors (Lipinski definition) is 5. The maximum Gasteiger partial charge on any atom is 0.294 e. The summed E-state index contributed by atoms with van der Waals surface area (Å²) in [6.45, 7) is 4.60. The Balaban J connectivity index is 1.76. The minimum Gasteiger partial charge on any atom is -0.351 e. The lowest BCUT2D eigenvalue weighted by Gasteiger charge is -2.34. The molecule has 0 bridgehead atoms. The number of benzene rings is 1. The summed E-state index contributed by atoms with van der Waals surface area (Å²) in [5, 5.41) is 17.6. The van der Waals surface area contributed by atoms with E-state index in [1.165, 1.54) is 12.4 Å². The summed E-state index contributed by atoms with van der Waals surface area (Å²) in [5.74, 6) is -0.292. The topological polar surface area (TPSA) is 102 Å². The predicted octanol–water partition coefficient (Wildman–Crippen LogP) is 1.90. The molecule has 1 aromatic carbocycles. The van der Waals surface area contributed by atoms with Crippen LogP contribution in [-0.2, 0) is 0 Å². The highest BCUT2D eigenvalue weighted by atomic mass is 16.6. The molecule has 0 spiro atoms. The lowest BCUT2D eigenvalue weighted by molar-refractivity contribution is -0.384. The molecule has 0 radical (unpaired) electrons. The van der Waals surface area contributed by atoms with E-state index < -0.39 is 4.92 Å². The van der Waals surface area contributed by atoms with E-state index in [1.807, 2.05) is 0 Å². The van der Waals surface area contributed by atoms with Gasteiger partial charge in [0.1, 0.15) is 5.69 Å². The zero-order valence-corrected chi connectivity index (χ0v) is 14.1. The molecule has 0 unspecified atom stereocenters. The summed E-state index contributed by atoms with van der Waals surface area (Å²) >= 11 is 0. The van der Waals surface area contributed by atoms with Gasteiger partial charge in [0.05, 0.1) is 11.3 Å². The number of hydrogen-bond donors (Lipinski definition) is 2. The van der Waals surface area contributed by atoms with Gasteiger partial charge in [-0.15, -0.1) is 0 Å². The van der Waals surface area contributed by atoms with Crippen molar-refractivity contribution in [2.45, 2.75) is 19.8 Å². The van der Waals surface area contributed by atoms with E-state index in [0.717, 1.165) is 25.9 Å². The van der Waals surface area contributed by atoms with Crippen LogP contribution in [0.15, 0.2) is 36.9 Å². The smallest absolute Gasteiger partial charge is 0.294 e. The first-order chi connectivity index (χ1) is 12.0. The molecule has 8 heteroatoms. The second-order valence-electron chi connectivity index (χ2n) is 6.67. The van der Waals surface area contributed by atoms with Gasteiger partial charge in [-0.25, -0.2) is 4.98 Å². The SMILES string of the molecule is CC1(CNC(=O)c2ccc(-n3ccnc3)c([N+](=O)[O-])c2)CCNCC1. The molecule has 2 aromatic rings. The molecular formula is C17H21N5O3. The zero-order chi connectivity index (χ0) is 17.9. The fourth-order valence-electron chi connectivity index (χ4n) is 3.03. The van der Waals surface area contributed by atoms with Gasteiger partial charge in [0.2, 0.25) is 0 Å². The summed E-state index contributed by atoms with van der Waals surface area (Å²) in [7, 11) is 0. The van der Waals surface area contributed by atoms with Crippen LogP contribution in [0.5, 0.6) is 0 Å². The van der Waals surface area contributed by atoms with Gasteiger partial charge in [-0.3, -0.25) is 14.9 Å². The van der Waals surface area contributed by atoms with Gasteiger partial charge in [0, 0.05) is 30.6 Å². The third-order valence-corrected chi connectivity index (χ3v) is 4.70. The highest BCUT2D eigenvalue weighted by molar-refractivity contribution is 5.95. The Morgan fingerprint density at radius 3 is 2.84 bits per heavy atom. The second-order valence-corrected chi connectivity index (χ2v) is 6.67. The number of nitrogens with one attached hydrogen (secondary N) is 2. The van der Waals surface area contributed by atoms with Crippen molar-refractivity contribution in [2.24, 2.45) is 5.41 Å². The molecule has 1 aliphatic rings. The van der Waals surface area contributed by atoms with Gasteiger partial charge >= 0.3 is 0 Å². The second kappa shape index (κ2) is 7.02. The number of carbonyl (C=O) groups excluding carboxylic acids is 1. The Morgan fingerprint density at radius 2 is 2.20 bits per heavy atom. The Morgan fingerprint density at radius 1 is 1.44 bits per heavy atom. The lowest BCUT2D eigenvalue weighted by Crippen LogP contribution is -2.42. The van der Waals surface area contributed by atoms with E-state index >= 15 is 0 Å². The molecule has 0 atom stereocenters. The number of amides is 1. The predicted molar refractivity (Wildman–Crippen MR) is 92.8 cm³/mol. The molecule has 1 aromatic heterocycles. The number of nitro groups is 1. The van der Waals surface area contributed by atoms with Crippen LogP contribution in [0.3, 0.4) is 0 Å². The average Bonchev–Trinajstić information content (AvgIpc) is 3.14. The molecule has 132 valence electrons. The van der Waals surface area contributed by atoms with Crippen LogP contribution in [0.4, 0.5) is 5.69 Å². The van der Waals surface area contributed by atoms with Crippen molar-refractivity contribution in [1.82, 2.24) is 20.2 Å². The van der Waals surface area contributed by atoms with Gasteiger partial charge in [0.15, 0.2) is 0 Å². The Labute approximate surface area is 145 Å². The monoisotopic (exact) mass is 343 g/mol. The normalized spacial score (nSPS) is 16.4. The highest BCUT2D eigenvalue weighted by Gasteiger charge is 2.27. The van der Waals surface area contributed by atoms with E-state index in [2.05, 4.69) is 22.5 Å². The maximum atomic E-state index is 12.4. The first-order valence-electron chi connectivity index (χ1n) is 8.24. The van der Waals surface area contributed by atoms with Crippen molar-refractivity contribution in [1.29, 1.82) is 0 Å². The van der Waals surface area contributed by atoms with E-state index in [9.17, 15) is 14.9 Å². The summed E-state index contributed by atoms with van der Waals surface area (Å²) in [6.07, 6.45) is 6.64. The molecule has 0 saturated carbocycles. The Kier molecular flexibility index (Phi) is 4.80. The molecule has 1 fully saturated rings. The third kappa shape index (κ3) is 3.85. The minimum atomic E-state index is -0.486. The number of nitrogens with zero attached hydrogens (tertiary/aromatic N) is 3. The number of imidazole rings is 1. The van der Waals surface area contributed by atoms with Gasteiger partial charge < -0.3 is 15.2 Å². The standard InChI is InChI=1S/C17H21N5O3/c1-17(4-6-18-7-5-17)11-20-16(23)13-2-3-14(15(10-13)22(24)25)21-9-8-19-12-21/h2-3,8-10,12,18H,4-7,11H2,1H3,(H,20,23). The van der Waals surface area contributed by atoms with Crippen LogP contribution < -0.4 is 10.6 Å². The van der Waals surface area contributed by atoms with Gasteiger partial charge in [-0.1, -0.05) is 6.92 Å². The van der Waals surface area contributed by atoms with E-state index in [-0.39, 0.29) is 22.6 Å². The quantitative estimate of drug-likeness (QED) is 0.638. The minimum absolute atomic E-state index is 0.0591. The molecule has 1 aliphatic heterocycles. The number of rotatable bonds is 5. The fraction of sp³-hybridized carbons (Fsp3) is 0.412. The van der Waals surface area contributed by atoms with Crippen molar-refractivity contribution < 1.29 is 9.72 Å². The van der Waals surface area contributed by atoms with Crippen molar-refractivity contribution in [3.8, 4) is 5.69 Å². The summed E-state index contributed by atoms with van der Waals surface area (Å²) in [5.41, 5.74) is 0.597. The number of aromatic nitrogens is 2. The summed E-state index contributed by atoms with van der Waals surface area (Å²) in [6, 6.07) is 4.48. The van der Waals surface area contributed by atoms with Crippen LogP contribution in [-0.4, -0.2) is 40.0 Å². The van der Waals surface area contributed by atoms with Crippen molar-refractivity contribution in [2.75, 3.05) is 19.6 Å². The molecule has 8 nitrogen and oxygen atoms in total. The Bertz CT molecular complexity index is 767. The molecule has 1 amide bonds. The number of piperidine rings is 1. The van der Waals surface area contributed by atoms with Crippen molar-refractivity contribution in [3.05, 3.63) is 52.6 Å². The highest BCUT2D eigenvalue weighted by Crippen LogP contribution is 2.27. The largest absolute Gasteiger partial charge is 0.351 e. The van der Waals surface area contributed by atoms with Crippen LogP contribution in [0.25, 0.3) is 5.69 Å². The Hall–Kier alpha value is -2.74. The molecule has 3 rings (SSSR count). The third-order valence-electron chi connectivity index (χ3n) is 4.70. The molecule has 25 heavy (non-hydrogen) atoms. The first-order valence-corrected chi connectivity index (χ1v) is 8.24. The van der Waals surface area contributed by atoms with Crippen molar-refractivity contribution in [3.63, 3.8) is 0 Å². The average molecular weight is 343 g/mol.